The highest BCUT2D eigenvalue weighted by atomic mass is 32.2. The number of amides is 1. The fraction of sp³-hybridized carbons (Fsp3) is 0.190. The Kier molecular flexibility index (Phi) is 7.03. The van der Waals surface area contributed by atoms with E-state index in [1.165, 1.54) is 12.1 Å². The third-order valence-electron chi connectivity index (χ3n) is 4.27. The molecule has 0 aliphatic rings. The van der Waals surface area contributed by atoms with Crippen LogP contribution >= 0.6 is 11.3 Å². The molecule has 1 heterocycles. The third-order valence-corrected chi connectivity index (χ3v) is 7.05. The summed E-state index contributed by atoms with van der Waals surface area (Å²) >= 11 is 1.12. The maximum Gasteiger partial charge on any atom is 0.271 e. The van der Waals surface area contributed by atoms with E-state index >= 15 is 0 Å². The van der Waals surface area contributed by atoms with Crippen LogP contribution in [0.25, 0.3) is 0 Å². The fourth-order valence-electron chi connectivity index (χ4n) is 2.89. The van der Waals surface area contributed by atoms with Crippen molar-refractivity contribution in [1.82, 2.24) is 5.32 Å². The molecule has 0 saturated heterocycles. The number of rotatable bonds is 9. The summed E-state index contributed by atoms with van der Waals surface area (Å²) in [5, 5.41) is 13.9. The minimum atomic E-state index is -3.68. The molecular formula is C21H22N2O4S2. The molecule has 0 saturated carbocycles. The highest BCUT2D eigenvalue weighted by molar-refractivity contribution is 7.94. The quantitative estimate of drug-likeness (QED) is 0.485. The molecule has 1 aromatic heterocycles. The number of thiophene rings is 1. The summed E-state index contributed by atoms with van der Waals surface area (Å²) in [6.07, 6.45) is 1.02. The molecule has 6 nitrogen and oxygen atoms in total. The second kappa shape index (κ2) is 9.69. The Morgan fingerprint density at radius 3 is 2.52 bits per heavy atom. The van der Waals surface area contributed by atoms with Gasteiger partial charge in [-0.25, -0.2) is 8.42 Å². The molecule has 0 aliphatic carbocycles. The lowest BCUT2D eigenvalue weighted by molar-refractivity contribution is 0.0930. The monoisotopic (exact) mass is 430 g/mol. The number of hydrogen-bond acceptors (Lipinski definition) is 5. The Morgan fingerprint density at radius 2 is 1.83 bits per heavy atom. The van der Waals surface area contributed by atoms with Crippen molar-refractivity contribution in [2.24, 2.45) is 0 Å². The summed E-state index contributed by atoms with van der Waals surface area (Å²) in [5.74, 6) is -0.323. The molecular weight excluding hydrogens is 408 g/mol. The van der Waals surface area contributed by atoms with Gasteiger partial charge in [0.05, 0.1) is 0 Å². The second-order valence-electron chi connectivity index (χ2n) is 6.49. The number of aliphatic hydroxyl groups is 1. The van der Waals surface area contributed by atoms with Crippen LogP contribution in [0.1, 0.15) is 22.3 Å². The van der Waals surface area contributed by atoms with Crippen LogP contribution in [0.3, 0.4) is 0 Å². The largest absolute Gasteiger partial charge is 0.396 e. The lowest BCUT2D eigenvalue weighted by atomic mass is 10.0. The number of anilines is 1. The van der Waals surface area contributed by atoms with Crippen LogP contribution < -0.4 is 10.0 Å². The molecule has 152 valence electrons. The van der Waals surface area contributed by atoms with E-state index in [4.69, 9.17) is 0 Å². The van der Waals surface area contributed by atoms with Crippen molar-refractivity contribution >= 4 is 33.0 Å². The smallest absolute Gasteiger partial charge is 0.271 e. The van der Waals surface area contributed by atoms with E-state index < -0.39 is 10.0 Å². The van der Waals surface area contributed by atoms with Gasteiger partial charge >= 0.3 is 0 Å². The number of nitrogens with one attached hydrogen (secondary N) is 2. The molecule has 0 unspecified atom stereocenters. The van der Waals surface area contributed by atoms with Gasteiger partial charge in [0, 0.05) is 23.9 Å². The lowest BCUT2D eigenvalue weighted by Crippen LogP contribution is -2.37. The Bertz CT molecular complexity index is 1040. The molecule has 1 atom stereocenters. The van der Waals surface area contributed by atoms with Gasteiger partial charge in [0.15, 0.2) is 0 Å². The van der Waals surface area contributed by atoms with Crippen molar-refractivity contribution in [1.29, 1.82) is 0 Å². The molecule has 29 heavy (non-hydrogen) atoms. The van der Waals surface area contributed by atoms with Gasteiger partial charge in [-0.05, 0) is 48.1 Å². The predicted molar refractivity (Wildman–Crippen MR) is 115 cm³/mol. The molecule has 0 fully saturated rings. The number of aliphatic hydroxyl groups excluding tert-OH is 1. The van der Waals surface area contributed by atoms with Crippen LogP contribution in [-0.4, -0.2) is 32.1 Å². The minimum Gasteiger partial charge on any atom is -0.396 e. The fourth-order valence-corrected chi connectivity index (χ4v) is 4.94. The van der Waals surface area contributed by atoms with Crippen LogP contribution in [-0.2, 0) is 16.4 Å². The van der Waals surface area contributed by atoms with E-state index in [1.807, 2.05) is 30.3 Å². The van der Waals surface area contributed by atoms with Gasteiger partial charge in [0.25, 0.3) is 15.9 Å². The number of benzene rings is 2. The molecule has 2 aromatic carbocycles. The van der Waals surface area contributed by atoms with E-state index in [-0.39, 0.29) is 22.8 Å². The van der Waals surface area contributed by atoms with Crippen LogP contribution in [0, 0.1) is 0 Å². The SMILES string of the molecule is O=C(N[C@@H](CCO)Cc1ccccc1)c1cccc(NS(=O)(=O)c2cccs2)c1. The predicted octanol–water partition coefficient (Wildman–Crippen LogP) is 3.27. The zero-order chi connectivity index (χ0) is 20.7. The summed E-state index contributed by atoms with van der Waals surface area (Å²) in [5.41, 5.74) is 1.71. The number of carbonyl (C=O) groups is 1. The van der Waals surface area contributed by atoms with Crippen molar-refractivity contribution in [2.45, 2.75) is 23.1 Å². The van der Waals surface area contributed by atoms with E-state index in [0.29, 0.717) is 24.1 Å². The minimum absolute atomic E-state index is 0.0432. The molecule has 8 heteroatoms. The number of sulfonamides is 1. The van der Waals surface area contributed by atoms with Gasteiger partial charge in [0.1, 0.15) is 4.21 Å². The first-order valence-electron chi connectivity index (χ1n) is 9.10. The number of hydrogen-bond donors (Lipinski definition) is 3. The van der Waals surface area contributed by atoms with E-state index in [2.05, 4.69) is 10.0 Å². The zero-order valence-electron chi connectivity index (χ0n) is 15.6. The summed E-state index contributed by atoms with van der Waals surface area (Å²) in [6, 6.07) is 19.0. The second-order valence-corrected chi connectivity index (χ2v) is 9.35. The molecule has 3 N–H and O–H groups in total. The third kappa shape index (κ3) is 5.90. The summed E-state index contributed by atoms with van der Waals surface area (Å²) in [4.78, 5) is 12.7. The average Bonchev–Trinajstić information content (AvgIpc) is 3.25. The van der Waals surface area contributed by atoms with Gasteiger partial charge in [-0.2, -0.15) is 0 Å². The van der Waals surface area contributed by atoms with Gasteiger partial charge in [-0.15, -0.1) is 11.3 Å². The average molecular weight is 431 g/mol. The van der Waals surface area contributed by atoms with Crippen molar-refractivity contribution < 1.29 is 18.3 Å². The maximum absolute atomic E-state index is 12.7. The first kappa shape index (κ1) is 21.0. The lowest BCUT2D eigenvalue weighted by Gasteiger charge is -2.18. The van der Waals surface area contributed by atoms with Crippen LogP contribution in [0.5, 0.6) is 0 Å². The van der Waals surface area contributed by atoms with Gasteiger partial charge < -0.3 is 10.4 Å². The van der Waals surface area contributed by atoms with Crippen LogP contribution in [0.2, 0.25) is 0 Å². The van der Waals surface area contributed by atoms with E-state index in [0.717, 1.165) is 16.9 Å². The Morgan fingerprint density at radius 1 is 1.03 bits per heavy atom. The molecule has 1 amide bonds. The molecule has 0 spiro atoms. The molecule has 3 aromatic rings. The molecule has 0 bridgehead atoms. The summed E-state index contributed by atoms with van der Waals surface area (Å²) in [6.45, 7) is -0.0432. The van der Waals surface area contributed by atoms with E-state index in [9.17, 15) is 18.3 Å². The zero-order valence-corrected chi connectivity index (χ0v) is 17.2. The first-order chi connectivity index (χ1) is 14.0. The highest BCUT2D eigenvalue weighted by Crippen LogP contribution is 2.21. The Hall–Kier alpha value is -2.68. The first-order valence-corrected chi connectivity index (χ1v) is 11.5. The highest BCUT2D eigenvalue weighted by Gasteiger charge is 2.17. The normalized spacial score (nSPS) is 12.3. The molecule has 0 aliphatic heterocycles. The molecule has 0 radical (unpaired) electrons. The van der Waals surface area contributed by atoms with Crippen LogP contribution in [0.15, 0.2) is 76.3 Å². The maximum atomic E-state index is 12.7. The summed E-state index contributed by atoms with van der Waals surface area (Å²) < 4.78 is 27.5. The standard InChI is InChI=1S/C21H22N2O4S2/c24-12-11-18(14-16-6-2-1-3-7-16)22-21(25)17-8-4-9-19(15-17)23-29(26,27)20-10-5-13-28-20/h1-10,13,15,18,23-24H,11-12,14H2,(H,22,25)/t18-/m0/s1. The topological polar surface area (TPSA) is 95.5 Å². The van der Waals surface area contributed by atoms with E-state index in [1.54, 1.807) is 29.6 Å². The van der Waals surface area contributed by atoms with Crippen LogP contribution in [0.4, 0.5) is 5.69 Å². The Balaban J connectivity index is 1.71. The van der Waals surface area contributed by atoms with Gasteiger partial charge in [0.2, 0.25) is 0 Å². The summed E-state index contributed by atoms with van der Waals surface area (Å²) in [7, 11) is -3.68. The van der Waals surface area contributed by atoms with Crippen molar-refractivity contribution in [2.75, 3.05) is 11.3 Å². The Labute approximate surface area is 174 Å². The van der Waals surface area contributed by atoms with Gasteiger partial charge in [-0.3, -0.25) is 9.52 Å². The van der Waals surface area contributed by atoms with Crippen molar-refractivity contribution in [3.05, 3.63) is 83.2 Å². The molecule has 3 rings (SSSR count). The number of carbonyl (C=O) groups excluding carboxylic acids is 1. The van der Waals surface area contributed by atoms with Crippen molar-refractivity contribution in [3.8, 4) is 0 Å². The van der Waals surface area contributed by atoms with Crippen molar-refractivity contribution in [3.63, 3.8) is 0 Å². The van der Waals surface area contributed by atoms with Gasteiger partial charge in [-0.1, -0.05) is 42.5 Å².